The summed E-state index contributed by atoms with van der Waals surface area (Å²) in [5.74, 6) is -10.4. The van der Waals surface area contributed by atoms with E-state index in [9.17, 15) is 17.6 Å². The molecule has 1 rings (SSSR count). The van der Waals surface area contributed by atoms with Gasteiger partial charge in [-0.2, -0.15) is 8.78 Å². The van der Waals surface area contributed by atoms with E-state index in [0.29, 0.717) is 0 Å². The number of phenols is 1. The van der Waals surface area contributed by atoms with Gasteiger partial charge in [0.2, 0.25) is 34.8 Å². The van der Waals surface area contributed by atoms with Crippen molar-refractivity contribution in [1.82, 2.24) is 0 Å². The highest BCUT2D eigenvalue weighted by molar-refractivity contribution is 5.42. The van der Waals surface area contributed by atoms with Gasteiger partial charge in [-0.15, -0.1) is 0 Å². The van der Waals surface area contributed by atoms with E-state index in [1.54, 1.807) is 6.92 Å². The Morgan fingerprint density at radius 1 is 1.06 bits per heavy atom. The molecule has 0 aliphatic carbocycles. The van der Waals surface area contributed by atoms with Crippen LogP contribution in [0, 0.1) is 23.3 Å². The minimum Gasteiger partial charge on any atom is -0.502 e. The van der Waals surface area contributed by atoms with Gasteiger partial charge in [0.25, 0.3) is 0 Å². The van der Waals surface area contributed by atoms with Crippen LogP contribution in [0.3, 0.4) is 0 Å². The SMILES string of the molecule is CCOC(C)Oc1c(O)c(F)c(F)c(F)c1F. The van der Waals surface area contributed by atoms with Gasteiger partial charge in [0, 0.05) is 6.61 Å². The Labute approximate surface area is 94.6 Å². The monoisotopic (exact) mass is 254 g/mol. The summed E-state index contributed by atoms with van der Waals surface area (Å²) in [6.07, 6.45) is -1.05. The highest BCUT2D eigenvalue weighted by Crippen LogP contribution is 2.36. The lowest BCUT2D eigenvalue weighted by atomic mass is 10.2. The molecular formula is C10H10F4O3. The Bertz CT molecular complexity index is 393. The van der Waals surface area contributed by atoms with E-state index in [1.807, 2.05) is 0 Å². The molecule has 1 N–H and O–H groups in total. The van der Waals surface area contributed by atoms with E-state index in [2.05, 4.69) is 4.74 Å². The molecule has 0 saturated heterocycles. The summed E-state index contributed by atoms with van der Waals surface area (Å²) in [7, 11) is 0. The van der Waals surface area contributed by atoms with Crippen LogP contribution in [-0.4, -0.2) is 18.0 Å². The molecule has 0 spiro atoms. The van der Waals surface area contributed by atoms with Crippen LogP contribution in [-0.2, 0) is 4.74 Å². The summed E-state index contributed by atoms with van der Waals surface area (Å²) in [6.45, 7) is 3.14. The summed E-state index contributed by atoms with van der Waals surface area (Å²) in [5, 5.41) is 9.10. The lowest BCUT2D eigenvalue weighted by Crippen LogP contribution is -2.17. The van der Waals surface area contributed by atoms with Gasteiger partial charge in [-0.25, -0.2) is 8.78 Å². The molecule has 0 aromatic heterocycles. The number of hydrogen-bond acceptors (Lipinski definition) is 3. The number of hydrogen-bond donors (Lipinski definition) is 1. The number of halogens is 4. The van der Waals surface area contributed by atoms with Crippen LogP contribution in [0.4, 0.5) is 17.6 Å². The summed E-state index contributed by atoms with van der Waals surface area (Å²) in [5.41, 5.74) is 0. The van der Waals surface area contributed by atoms with Crippen LogP contribution < -0.4 is 4.74 Å². The molecule has 17 heavy (non-hydrogen) atoms. The van der Waals surface area contributed by atoms with Crippen molar-refractivity contribution >= 4 is 0 Å². The molecule has 0 aliphatic heterocycles. The zero-order valence-corrected chi connectivity index (χ0v) is 9.06. The third-order valence-electron chi connectivity index (χ3n) is 1.89. The number of aromatic hydroxyl groups is 1. The number of ether oxygens (including phenoxy) is 2. The van der Waals surface area contributed by atoms with Gasteiger partial charge in [-0.3, -0.25) is 0 Å². The fourth-order valence-corrected chi connectivity index (χ4v) is 1.14. The molecule has 3 nitrogen and oxygen atoms in total. The van der Waals surface area contributed by atoms with Crippen molar-refractivity contribution in [2.45, 2.75) is 20.1 Å². The number of benzene rings is 1. The molecule has 0 amide bonds. The molecule has 0 bridgehead atoms. The van der Waals surface area contributed by atoms with Gasteiger partial charge in [-0.05, 0) is 13.8 Å². The fourth-order valence-electron chi connectivity index (χ4n) is 1.14. The highest BCUT2D eigenvalue weighted by atomic mass is 19.2. The number of phenolic OH excluding ortho intramolecular Hbond substituents is 1. The molecule has 1 unspecified atom stereocenters. The highest BCUT2D eigenvalue weighted by Gasteiger charge is 2.27. The second-order valence-electron chi connectivity index (χ2n) is 3.07. The lowest BCUT2D eigenvalue weighted by Gasteiger charge is -2.16. The lowest BCUT2D eigenvalue weighted by molar-refractivity contribution is -0.0648. The van der Waals surface area contributed by atoms with Crippen molar-refractivity contribution in [2.75, 3.05) is 6.61 Å². The van der Waals surface area contributed by atoms with E-state index in [-0.39, 0.29) is 6.61 Å². The van der Waals surface area contributed by atoms with Crippen LogP contribution in [0.5, 0.6) is 11.5 Å². The minimum absolute atomic E-state index is 0.204. The van der Waals surface area contributed by atoms with Crippen LogP contribution >= 0.6 is 0 Å². The molecule has 1 atom stereocenters. The Kier molecular flexibility index (Phi) is 4.17. The fraction of sp³-hybridized carbons (Fsp3) is 0.400. The standard InChI is InChI=1S/C10H10F4O3/c1-3-16-4(2)17-10-8(14)6(12)5(11)7(13)9(10)15/h4,15H,3H2,1-2H3. The zero-order valence-electron chi connectivity index (χ0n) is 9.06. The topological polar surface area (TPSA) is 38.7 Å². The predicted octanol–water partition coefficient (Wildman–Crippen LogP) is 2.71. The number of rotatable bonds is 4. The van der Waals surface area contributed by atoms with Gasteiger partial charge in [0.15, 0.2) is 6.29 Å². The van der Waals surface area contributed by atoms with Crippen molar-refractivity contribution < 1.29 is 32.1 Å². The van der Waals surface area contributed by atoms with Gasteiger partial charge < -0.3 is 14.6 Å². The first-order valence-electron chi connectivity index (χ1n) is 4.73. The normalized spacial score (nSPS) is 12.6. The summed E-state index contributed by atoms with van der Waals surface area (Å²) < 4.78 is 61.1. The molecule has 96 valence electrons. The summed E-state index contributed by atoms with van der Waals surface area (Å²) in [6, 6.07) is 0. The van der Waals surface area contributed by atoms with Crippen molar-refractivity contribution in [2.24, 2.45) is 0 Å². The maximum absolute atomic E-state index is 13.2. The maximum Gasteiger partial charge on any atom is 0.207 e. The van der Waals surface area contributed by atoms with E-state index in [0.717, 1.165) is 0 Å². The first-order chi connectivity index (χ1) is 7.90. The van der Waals surface area contributed by atoms with Gasteiger partial charge in [0.05, 0.1) is 0 Å². The molecule has 0 fully saturated rings. The van der Waals surface area contributed by atoms with Crippen molar-refractivity contribution in [3.63, 3.8) is 0 Å². The Morgan fingerprint density at radius 3 is 2.12 bits per heavy atom. The smallest absolute Gasteiger partial charge is 0.207 e. The predicted molar refractivity (Wildman–Crippen MR) is 49.7 cm³/mol. The second-order valence-corrected chi connectivity index (χ2v) is 3.07. The second kappa shape index (κ2) is 5.22. The first kappa shape index (κ1) is 13.6. The molecule has 7 heteroatoms. The van der Waals surface area contributed by atoms with Crippen molar-refractivity contribution in [1.29, 1.82) is 0 Å². The van der Waals surface area contributed by atoms with Crippen molar-refractivity contribution in [3.8, 4) is 11.5 Å². The maximum atomic E-state index is 13.2. The first-order valence-corrected chi connectivity index (χ1v) is 4.73. The molecule has 1 aromatic rings. The third kappa shape index (κ3) is 2.60. The third-order valence-corrected chi connectivity index (χ3v) is 1.89. The Balaban J connectivity index is 3.16. The Hall–Kier alpha value is -1.50. The van der Waals surface area contributed by atoms with Crippen LogP contribution in [0.2, 0.25) is 0 Å². The van der Waals surface area contributed by atoms with E-state index >= 15 is 0 Å². The van der Waals surface area contributed by atoms with E-state index in [1.165, 1.54) is 6.92 Å². The van der Waals surface area contributed by atoms with Crippen LogP contribution in [0.25, 0.3) is 0 Å². The molecule has 0 radical (unpaired) electrons. The van der Waals surface area contributed by atoms with Gasteiger partial charge in [0.1, 0.15) is 0 Å². The van der Waals surface area contributed by atoms with E-state index < -0.39 is 41.1 Å². The van der Waals surface area contributed by atoms with Gasteiger partial charge in [-0.1, -0.05) is 0 Å². The summed E-state index contributed by atoms with van der Waals surface area (Å²) in [4.78, 5) is 0. The molecular weight excluding hydrogens is 244 g/mol. The van der Waals surface area contributed by atoms with E-state index in [4.69, 9.17) is 9.84 Å². The molecule has 0 saturated carbocycles. The quantitative estimate of drug-likeness (QED) is 0.388. The van der Waals surface area contributed by atoms with Crippen LogP contribution in [0.15, 0.2) is 0 Å². The average Bonchev–Trinajstić information content (AvgIpc) is 2.30. The largest absolute Gasteiger partial charge is 0.502 e. The summed E-state index contributed by atoms with van der Waals surface area (Å²) >= 11 is 0. The molecule has 0 heterocycles. The minimum atomic E-state index is -2.10. The van der Waals surface area contributed by atoms with Crippen molar-refractivity contribution in [3.05, 3.63) is 23.3 Å². The average molecular weight is 254 g/mol. The molecule has 1 aromatic carbocycles. The van der Waals surface area contributed by atoms with Gasteiger partial charge >= 0.3 is 0 Å². The molecule has 0 aliphatic rings. The zero-order chi connectivity index (χ0) is 13.2. The Morgan fingerprint density at radius 2 is 1.59 bits per heavy atom. The van der Waals surface area contributed by atoms with Crippen LogP contribution in [0.1, 0.15) is 13.8 Å².